The number of carbonyl (C=O) groups is 2. The van der Waals surface area contributed by atoms with Gasteiger partial charge in [0.1, 0.15) is 18.9 Å². The first-order chi connectivity index (χ1) is 12.1. The van der Waals surface area contributed by atoms with E-state index in [1.165, 1.54) is 0 Å². The third-order valence-corrected chi connectivity index (χ3v) is 4.46. The summed E-state index contributed by atoms with van der Waals surface area (Å²) in [7, 11) is 1.97. The van der Waals surface area contributed by atoms with Gasteiger partial charge in [0, 0.05) is 22.4 Å². The molecule has 1 aromatic heterocycles. The van der Waals surface area contributed by atoms with E-state index in [9.17, 15) is 9.59 Å². The van der Waals surface area contributed by atoms with E-state index < -0.39 is 0 Å². The second kappa shape index (κ2) is 6.02. The number of hydrogen-bond donors (Lipinski definition) is 1. The molecule has 0 saturated heterocycles. The van der Waals surface area contributed by atoms with Crippen LogP contribution in [0.3, 0.4) is 0 Å². The van der Waals surface area contributed by atoms with Crippen molar-refractivity contribution in [3.63, 3.8) is 0 Å². The molecule has 124 valence electrons. The molecule has 5 heteroatoms. The van der Waals surface area contributed by atoms with Crippen molar-refractivity contribution in [2.75, 3.05) is 11.9 Å². The number of rotatable bonds is 4. The van der Waals surface area contributed by atoms with Crippen molar-refractivity contribution in [3.05, 3.63) is 83.4 Å². The number of carbonyl (C=O) groups excluding carboxylic acids is 2. The van der Waals surface area contributed by atoms with Crippen LogP contribution < -0.4 is 9.88 Å². The second-order valence-corrected chi connectivity index (χ2v) is 6.18. The number of hydrogen-bond acceptors (Lipinski definition) is 3. The Hall–Kier alpha value is -3.21. The van der Waals surface area contributed by atoms with Crippen LogP contribution in [0.5, 0.6) is 0 Å². The van der Waals surface area contributed by atoms with Crippen molar-refractivity contribution in [2.24, 2.45) is 7.05 Å². The van der Waals surface area contributed by atoms with E-state index >= 15 is 0 Å². The predicted octanol–water partition coefficient (Wildman–Crippen LogP) is 2.20. The van der Waals surface area contributed by atoms with Crippen LogP contribution in [0.25, 0.3) is 0 Å². The zero-order chi connectivity index (χ0) is 17.4. The summed E-state index contributed by atoms with van der Waals surface area (Å²) in [5.74, 6) is -0.188. The summed E-state index contributed by atoms with van der Waals surface area (Å²) >= 11 is 0. The fourth-order valence-electron chi connectivity index (χ4n) is 3.25. The van der Waals surface area contributed by atoms with Crippen molar-refractivity contribution in [3.8, 4) is 0 Å². The van der Waals surface area contributed by atoms with Crippen molar-refractivity contribution in [2.45, 2.75) is 6.54 Å². The Kier molecular flexibility index (Phi) is 3.69. The molecular weight excluding hydrogens is 314 g/mol. The topological polar surface area (TPSA) is 55.0 Å². The molecule has 25 heavy (non-hydrogen) atoms. The minimum Gasteiger partial charge on any atom is -0.380 e. The molecule has 0 spiro atoms. The molecule has 2 aromatic carbocycles. The number of ketones is 2. The molecule has 1 heterocycles. The fourth-order valence-corrected chi connectivity index (χ4v) is 3.25. The van der Waals surface area contributed by atoms with Gasteiger partial charge in [-0.2, -0.15) is 0 Å². The molecule has 0 fully saturated rings. The van der Waals surface area contributed by atoms with Crippen molar-refractivity contribution < 1.29 is 14.2 Å². The molecule has 1 aliphatic rings. The zero-order valence-electron chi connectivity index (χ0n) is 13.9. The number of aryl methyl sites for hydroxylation is 1. The molecule has 5 nitrogen and oxygen atoms in total. The smallest absolute Gasteiger partial charge is 0.243 e. The summed E-state index contributed by atoms with van der Waals surface area (Å²) in [6.45, 7) is 1.43. The van der Waals surface area contributed by atoms with Gasteiger partial charge >= 0.3 is 0 Å². The number of imidazole rings is 1. The van der Waals surface area contributed by atoms with Crippen LogP contribution in [0.1, 0.15) is 31.8 Å². The third kappa shape index (κ3) is 2.63. The lowest BCUT2D eigenvalue weighted by Gasteiger charge is -2.20. The largest absolute Gasteiger partial charge is 0.380 e. The molecule has 0 amide bonds. The van der Waals surface area contributed by atoms with Crippen LogP contribution in [-0.2, 0) is 13.6 Å². The maximum atomic E-state index is 12.9. The van der Waals surface area contributed by atoms with Crippen LogP contribution in [0.2, 0.25) is 0 Å². The van der Waals surface area contributed by atoms with Crippen LogP contribution >= 0.6 is 0 Å². The van der Waals surface area contributed by atoms with Crippen molar-refractivity contribution in [1.82, 2.24) is 4.57 Å². The van der Waals surface area contributed by atoms with E-state index in [-0.39, 0.29) is 11.6 Å². The van der Waals surface area contributed by atoms with E-state index in [4.69, 9.17) is 0 Å². The van der Waals surface area contributed by atoms with Gasteiger partial charge in [-0.15, -0.1) is 0 Å². The average molecular weight is 332 g/mol. The zero-order valence-corrected chi connectivity index (χ0v) is 13.9. The molecule has 1 aliphatic carbocycles. The van der Waals surface area contributed by atoms with E-state index in [1.54, 1.807) is 30.3 Å². The molecule has 1 N–H and O–H groups in total. The SMILES string of the molecule is Cn1cc[n+](CCNc2cccc3c2C(=O)c2ccccc2C3=O)c1. The molecule has 0 radical (unpaired) electrons. The molecular formula is C20H18N3O2+. The van der Waals surface area contributed by atoms with Crippen LogP contribution in [0.4, 0.5) is 5.69 Å². The molecule has 4 rings (SSSR count). The first kappa shape index (κ1) is 15.3. The highest BCUT2D eigenvalue weighted by molar-refractivity contribution is 6.30. The molecule has 0 bridgehead atoms. The van der Waals surface area contributed by atoms with Gasteiger partial charge in [0.05, 0.1) is 19.2 Å². The quantitative estimate of drug-likeness (QED) is 0.583. The van der Waals surface area contributed by atoms with Crippen LogP contribution in [0.15, 0.2) is 61.2 Å². The molecule has 0 unspecified atom stereocenters. The summed E-state index contributed by atoms with van der Waals surface area (Å²) in [5.41, 5.74) is 2.62. The summed E-state index contributed by atoms with van der Waals surface area (Å²) in [6.07, 6.45) is 5.96. The Morgan fingerprint density at radius 2 is 1.68 bits per heavy atom. The van der Waals surface area contributed by atoms with Crippen molar-refractivity contribution in [1.29, 1.82) is 0 Å². The lowest BCUT2D eigenvalue weighted by Crippen LogP contribution is -2.35. The van der Waals surface area contributed by atoms with Gasteiger partial charge in [0.25, 0.3) is 0 Å². The summed E-state index contributed by atoms with van der Waals surface area (Å²) in [4.78, 5) is 25.6. The van der Waals surface area contributed by atoms with Crippen LogP contribution in [0, 0.1) is 0 Å². The van der Waals surface area contributed by atoms with Gasteiger partial charge < -0.3 is 5.32 Å². The minimum atomic E-state index is -0.0966. The van der Waals surface area contributed by atoms with E-state index in [0.29, 0.717) is 34.5 Å². The van der Waals surface area contributed by atoms with Gasteiger partial charge in [-0.25, -0.2) is 9.13 Å². The highest BCUT2D eigenvalue weighted by Crippen LogP contribution is 2.31. The number of benzene rings is 2. The number of nitrogens with one attached hydrogen (secondary N) is 1. The summed E-state index contributed by atoms with van der Waals surface area (Å²) < 4.78 is 4.04. The fraction of sp³-hybridized carbons (Fsp3) is 0.150. The number of aromatic nitrogens is 2. The van der Waals surface area contributed by atoms with E-state index in [0.717, 1.165) is 6.54 Å². The Balaban J connectivity index is 1.63. The first-order valence-corrected chi connectivity index (χ1v) is 8.21. The van der Waals surface area contributed by atoms with Crippen LogP contribution in [-0.4, -0.2) is 22.7 Å². The Morgan fingerprint density at radius 1 is 0.960 bits per heavy atom. The molecule has 0 saturated carbocycles. The van der Waals surface area contributed by atoms with Gasteiger partial charge in [0.2, 0.25) is 6.33 Å². The highest BCUT2D eigenvalue weighted by atomic mass is 16.1. The average Bonchev–Trinajstić information content (AvgIpc) is 3.05. The number of fused-ring (bicyclic) bond motifs is 2. The Morgan fingerprint density at radius 3 is 2.40 bits per heavy atom. The minimum absolute atomic E-state index is 0.0914. The maximum absolute atomic E-state index is 12.9. The van der Waals surface area contributed by atoms with Gasteiger partial charge in [0.15, 0.2) is 11.6 Å². The Labute approximate surface area is 145 Å². The van der Waals surface area contributed by atoms with E-state index in [2.05, 4.69) is 9.88 Å². The predicted molar refractivity (Wildman–Crippen MR) is 93.8 cm³/mol. The monoisotopic (exact) mass is 332 g/mol. The number of anilines is 1. The molecule has 3 aromatic rings. The lowest BCUT2D eigenvalue weighted by atomic mass is 9.83. The van der Waals surface area contributed by atoms with Gasteiger partial charge in [-0.3, -0.25) is 9.59 Å². The third-order valence-electron chi connectivity index (χ3n) is 4.46. The Bertz CT molecular complexity index is 988. The molecule has 0 aliphatic heterocycles. The highest BCUT2D eigenvalue weighted by Gasteiger charge is 2.31. The molecule has 0 atom stereocenters. The first-order valence-electron chi connectivity index (χ1n) is 8.21. The summed E-state index contributed by atoms with van der Waals surface area (Å²) in [6, 6.07) is 12.4. The standard InChI is InChI=1S/C20H17N3O2/c1-22-11-12-23(13-22)10-9-21-17-8-4-7-16-18(17)20(25)15-6-3-2-5-14(15)19(16)24/h2-8,11-13H,9-10H2,1H3/p+1. The lowest BCUT2D eigenvalue weighted by molar-refractivity contribution is -0.693. The number of nitrogens with zero attached hydrogens (tertiary/aromatic N) is 2. The van der Waals surface area contributed by atoms with Crippen molar-refractivity contribution >= 4 is 17.3 Å². The van der Waals surface area contributed by atoms with E-state index in [1.807, 2.05) is 42.5 Å². The van der Waals surface area contributed by atoms with Gasteiger partial charge in [-0.05, 0) is 6.07 Å². The van der Waals surface area contributed by atoms with Gasteiger partial charge in [-0.1, -0.05) is 36.4 Å². The second-order valence-electron chi connectivity index (χ2n) is 6.18. The normalized spacial score (nSPS) is 12.7. The maximum Gasteiger partial charge on any atom is 0.243 e. The summed E-state index contributed by atoms with van der Waals surface area (Å²) in [5, 5.41) is 3.31.